The number of amides is 1. The van der Waals surface area contributed by atoms with E-state index in [2.05, 4.69) is 0 Å². The second-order valence-electron chi connectivity index (χ2n) is 5.69. The molecule has 2 rings (SSSR count). The molecule has 0 aromatic heterocycles. The van der Waals surface area contributed by atoms with E-state index in [0.717, 1.165) is 5.56 Å². The number of ether oxygens (including phenoxy) is 3. The summed E-state index contributed by atoms with van der Waals surface area (Å²) < 4.78 is 15.5. The highest BCUT2D eigenvalue weighted by molar-refractivity contribution is 6.35. The molecule has 28 heavy (non-hydrogen) atoms. The maximum Gasteiger partial charge on any atom is 0.414 e. The van der Waals surface area contributed by atoms with Crippen molar-refractivity contribution in [1.29, 1.82) is 0 Å². The van der Waals surface area contributed by atoms with Gasteiger partial charge in [0.25, 0.3) is 0 Å². The summed E-state index contributed by atoms with van der Waals surface area (Å²) in [5.41, 5.74) is 7.48. The van der Waals surface area contributed by atoms with Crippen LogP contribution in [0.1, 0.15) is 29.8 Å². The third-order valence-electron chi connectivity index (χ3n) is 3.88. The Balaban J connectivity index is 2.62. The minimum atomic E-state index is -0.644. The van der Waals surface area contributed by atoms with Crippen molar-refractivity contribution in [3.8, 4) is 5.75 Å². The van der Waals surface area contributed by atoms with Crippen LogP contribution in [0.2, 0.25) is 5.02 Å². The Morgan fingerprint density at radius 3 is 2.39 bits per heavy atom. The minimum absolute atomic E-state index is 0.0544. The molecular weight excluding hydrogens is 384 g/mol. The standard InChI is InChI=1S/C20H23ClN2O5/c1-4-27-18-14(19(24)26-3)11-15(21)17(16(18)22)23(20(25)28-5-2)12-13-9-7-6-8-10-13/h6-11H,4-5,12,22H2,1-3H3. The number of anilines is 2. The third-order valence-corrected chi connectivity index (χ3v) is 4.17. The number of esters is 1. The molecule has 2 aromatic rings. The van der Waals surface area contributed by atoms with Crippen LogP contribution in [0.5, 0.6) is 5.75 Å². The zero-order valence-electron chi connectivity index (χ0n) is 16.0. The highest BCUT2D eigenvalue weighted by Gasteiger charge is 2.28. The van der Waals surface area contributed by atoms with Crippen LogP contribution in [0, 0.1) is 0 Å². The fraction of sp³-hybridized carbons (Fsp3) is 0.300. The molecular formula is C20H23ClN2O5. The van der Waals surface area contributed by atoms with Gasteiger partial charge in [0.15, 0.2) is 5.75 Å². The number of halogens is 1. The van der Waals surface area contributed by atoms with Gasteiger partial charge in [0.1, 0.15) is 11.3 Å². The number of hydrogen-bond donors (Lipinski definition) is 1. The molecule has 0 spiro atoms. The van der Waals surface area contributed by atoms with Crippen molar-refractivity contribution in [2.75, 3.05) is 31.0 Å². The second kappa shape index (κ2) is 9.85. The van der Waals surface area contributed by atoms with Crippen LogP contribution in [0.4, 0.5) is 16.2 Å². The van der Waals surface area contributed by atoms with Gasteiger partial charge in [-0.2, -0.15) is 0 Å². The Kier molecular flexibility index (Phi) is 7.52. The van der Waals surface area contributed by atoms with E-state index >= 15 is 0 Å². The number of nitrogen functional groups attached to an aromatic ring is 1. The lowest BCUT2D eigenvalue weighted by molar-refractivity contribution is 0.0596. The molecule has 8 heteroatoms. The van der Waals surface area contributed by atoms with Crippen molar-refractivity contribution in [2.24, 2.45) is 0 Å². The van der Waals surface area contributed by atoms with Crippen molar-refractivity contribution >= 4 is 35.0 Å². The average Bonchev–Trinajstić information content (AvgIpc) is 2.69. The number of methoxy groups -OCH3 is 1. The summed E-state index contributed by atoms with van der Waals surface area (Å²) in [6, 6.07) is 10.7. The van der Waals surface area contributed by atoms with Crippen LogP contribution in [0.3, 0.4) is 0 Å². The molecule has 2 aromatic carbocycles. The van der Waals surface area contributed by atoms with Gasteiger partial charge in [-0.25, -0.2) is 9.59 Å². The Morgan fingerprint density at radius 2 is 1.82 bits per heavy atom. The number of rotatable bonds is 7. The summed E-state index contributed by atoms with van der Waals surface area (Å²) in [4.78, 5) is 26.1. The van der Waals surface area contributed by atoms with Crippen LogP contribution < -0.4 is 15.4 Å². The van der Waals surface area contributed by atoms with E-state index in [1.54, 1.807) is 13.8 Å². The van der Waals surface area contributed by atoms with E-state index in [0.29, 0.717) is 0 Å². The highest BCUT2D eigenvalue weighted by Crippen LogP contribution is 2.42. The zero-order chi connectivity index (χ0) is 20.7. The number of carbonyl (C=O) groups excluding carboxylic acids is 2. The number of nitrogens with two attached hydrogens (primary N) is 1. The molecule has 0 saturated carbocycles. The first-order valence-electron chi connectivity index (χ1n) is 8.75. The van der Waals surface area contributed by atoms with E-state index < -0.39 is 12.1 Å². The average molecular weight is 407 g/mol. The number of benzene rings is 2. The monoisotopic (exact) mass is 406 g/mol. The van der Waals surface area contributed by atoms with Gasteiger partial charge >= 0.3 is 12.1 Å². The van der Waals surface area contributed by atoms with E-state index in [4.69, 9.17) is 31.5 Å². The lowest BCUT2D eigenvalue weighted by Gasteiger charge is -2.26. The summed E-state index contributed by atoms with van der Waals surface area (Å²) in [5.74, 6) is -0.537. The van der Waals surface area contributed by atoms with Crippen molar-refractivity contribution in [3.63, 3.8) is 0 Å². The van der Waals surface area contributed by atoms with Gasteiger partial charge in [0, 0.05) is 0 Å². The predicted octanol–water partition coefficient (Wildman–Crippen LogP) is 4.27. The fourth-order valence-electron chi connectivity index (χ4n) is 2.68. The van der Waals surface area contributed by atoms with Gasteiger partial charge < -0.3 is 19.9 Å². The molecule has 0 saturated heterocycles. The largest absolute Gasteiger partial charge is 0.491 e. The first kappa shape index (κ1) is 21.4. The zero-order valence-corrected chi connectivity index (χ0v) is 16.8. The highest BCUT2D eigenvalue weighted by atomic mass is 35.5. The van der Waals surface area contributed by atoms with Crippen molar-refractivity contribution in [2.45, 2.75) is 20.4 Å². The quantitative estimate of drug-likeness (QED) is 0.545. The van der Waals surface area contributed by atoms with Crippen molar-refractivity contribution < 1.29 is 23.8 Å². The van der Waals surface area contributed by atoms with Gasteiger partial charge in [-0.3, -0.25) is 4.90 Å². The van der Waals surface area contributed by atoms with Crippen LogP contribution in [-0.4, -0.2) is 32.4 Å². The normalized spacial score (nSPS) is 10.3. The maximum atomic E-state index is 12.7. The molecule has 1 amide bonds. The Bertz CT molecular complexity index is 842. The number of nitrogens with zero attached hydrogens (tertiary/aromatic N) is 1. The molecule has 150 valence electrons. The predicted molar refractivity (Wildman–Crippen MR) is 108 cm³/mol. The Morgan fingerprint density at radius 1 is 1.14 bits per heavy atom. The molecule has 0 aliphatic heterocycles. The topological polar surface area (TPSA) is 91.1 Å². The first-order valence-corrected chi connectivity index (χ1v) is 9.13. The van der Waals surface area contributed by atoms with Crippen LogP contribution in [-0.2, 0) is 16.0 Å². The Hall–Kier alpha value is -2.93. The van der Waals surface area contributed by atoms with Gasteiger partial charge in [-0.05, 0) is 25.5 Å². The Labute approximate surface area is 168 Å². The molecule has 0 radical (unpaired) electrons. The second-order valence-corrected chi connectivity index (χ2v) is 6.10. The van der Waals surface area contributed by atoms with Gasteiger partial charge in [0.2, 0.25) is 0 Å². The number of carbonyl (C=O) groups is 2. The molecule has 7 nitrogen and oxygen atoms in total. The molecule has 0 unspecified atom stereocenters. The lowest BCUT2D eigenvalue weighted by Crippen LogP contribution is -2.32. The fourth-order valence-corrected chi connectivity index (χ4v) is 2.99. The van der Waals surface area contributed by atoms with E-state index in [1.165, 1.54) is 18.1 Å². The van der Waals surface area contributed by atoms with Gasteiger partial charge in [-0.15, -0.1) is 0 Å². The summed E-state index contributed by atoms with van der Waals surface area (Å²) >= 11 is 6.42. The lowest BCUT2D eigenvalue weighted by atomic mass is 10.1. The summed E-state index contributed by atoms with van der Waals surface area (Å²) in [5, 5.41) is 0.102. The summed E-state index contributed by atoms with van der Waals surface area (Å²) in [7, 11) is 1.25. The molecule has 0 bridgehead atoms. The molecule has 0 heterocycles. The van der Waals surface area contributed by atoms with E-state index in [-0.39, 0.29) is 47.5 Å². The summed E-state index contributed by atoms with van der Waals surface area (Å²) in [6.07, 6.45) is -0.617. The van der Waals surface area contributed by atoms with Crippen LogP contribution >= 0.6 is 11.6 Å². The molecule has 0 fully saturated rings. The molecule has 0 atom stereocenters. The SMILES string of the molecule is CCOC(=O)N(Cc1ccccc1)c1c(Cl)cc(C(=O)OC)c(OCC)c1N. The molecule has 2 N–H and O–H groups in total. The van der Waals surface area contributed by atoms with Crippen LogP contribution in [0.25, 0.3) is 0 Å². The minimum Gasteiger partial charge on any atom is -0.491 e. The summed E-state index contributed by atoms with van der Waals surface area (Å²) in [6.45, 7) is 4.07. The van der Waals surface area contributed by atoms with E-state index in [9.17, 15) is 9.59 Å². The maximum absolute atomic E-state index is 12.7. The van der Waals surface area contributed by atoms with Crippen molar-refractivity contribution in [1.82, 2.24) is 0 Å². The number of hydrogen-bond acceptors (Lipinski definition) is 6. The smallest absolute Gasteiger partial charge is 0.414 e. The van der Waals surface area contributed by atoms with Crippen molar-refractivity contribution in [3.05, 3.63) is 52.5 Å². The molecule has 0 aliphatic rings. The van der Waals surface area contributed by atoms with Gasteiger partial charge in [-0.1, -0.05) is 41.9 Å². The van der Waals surface area contributed by atoms with Crippen LogP contribution in [0.15, 0.2) is 36.4 Å². The van der Waals surface area contributed by atoms with E-state index in [1.807, 2.05) is 30.3 Å². The third kappa shape index (κ3) is 4.67. The molecule has 0 aliphatic carbocycles. The first-order chi connectivity index (χ1) is 13.4. The van der Waals surface area contributed by atoms with Gasteiger partial charge in [0.05, 0.1) is 37.6 Å².